The molecular weight excluding hydrogens is 188 g/mol. The van der Waals surface area contributed by atoms with Crippen molar-refractivity contribution >= 4 is 22.6 Å². The summed E-state index contributed by atoms with van der Waals surface area (Å²) in [6.07, 6.45) is 0. The van der Waals surface area contributed by atoms with Gasteiger partial charge < -0.3 is 15.4 Å². The van der Waals surface area contributed by atoms with Crippen LogP contribution in [0.3, 0.4) is 0 Å². The van der Waals surface area contributed by atoms with Crippen LogP contribution in [0.5, 0.6) is 0 Å². The number of ether oxygens (including phenoxy) is 1. The number of nitrogens with zero attached hydrogens (tertiary/aromatic N) is 3. The fourth-order valence-electron chi connectivity index (χ4n) is 1.35. The first-order valence-electron chi connectivity index (χ1n) is 4.21. The Labute approximate surface area is 80.7 Å². The van der Waals surface area contributed by atoms with Crippen LogP contribution in [-0.4, -0.2) is 35.2 Å². The Morgan fingerprint density at radius 1 is 1.69 bits per heavy atom. The topological polar surface area (TPSA) is 64.3 Å². The summed E-state index contributed by atoms with van der Waals surface area (Å²) >= 11 is 1.34. The monoisotopic (exact) mass is 200 g/mol. The van der Waals surface area contributed by atoms with Gasteiger partial charge in [0.15, 0.2) is 0 Å². The maximum atomic E-state index is 5.46. The van der Waals surface area contributed by atoms with Crippen LogP contribution in [0.2, 0.25) is 0 Å². The van der Waals surface area contributed by atoms with Crippen LogP contribution >= 0.6 is 11.5 Å². The SMILES string of the molecule is CC1COCCN1c1nc(N)ns1. The normalized spacial score (nSPS) is 23.5. The minimum atomic E-state index is 0.360. The number of hydrogen-bond donors (Lipinski definition) is 1. The van der Waals surface area contributed by atoms with Crippen molar-refractivity contribution in [1.29, 1.82) is 0 Å². The third-order valence-electron chi connectivity index (χ3n) is 2.04. The predicted molar refractivity (Wildman–Crippen MR) is 51.9 cm³/mol. The van der Waals surface area contributed by atoms with Crippen LogP contribution in [0.1, 0.15) is 6.92 Å². The van der Waals surface area contributed by atoms with Crippen molar-refractivity contribution in [1.82, 2.24) is 9.36 Å². The van der Waals surface area contributed by atoms with Gasteiger partial charge in [-0.2, -0.15) is 9.36 Å². The van der Waals surface area contributed by atoms with E-state index in [2.05, 4.69) is 21.2 Å². The standard InChI is InChI=1S/C7H12N4OS/c1-5-4-12-3-2-11(5)7-9-6(8)10-13-7/h5H,2-4H2,1H3,(H2,8,10). The highest BCUT2D eigenvalue weighted by atomic mass is 32.1. The molecule has 13 heavy (non-hydrogen) atoms. The molecule has 1 aromatic heterocycles. The van der Waals surface area contributed by atoms with E-state index in [0.717, 1.165) is 24.9 Å². The molecule has 6 heteroatoms. The van der Waals surface area contributed by atoms with Crippen LogP contribution in [0, 0.1) is 0 Å². The molecule has 0 amide bonds. The zero-order valence-electron chi connectivity index (χ0n) is 7.43. The molecule has 1 aliphatic heterocycles. The van der Waals surface area contributed by atoms with Crippen molar-refractivity contribution in [2.24, 2.45) is 0 Å². The highest BCUT2D eigenvalue weighted by molar-refractivity contribution is 7.09. The molecule has 0 aliphatic carbocycles. The maximum absolute atomic E-state index is 5.46. The van der Waals surface area contributed by atoms with Crippen LogP contribution in [-0.2, 0) is 4.74 Å². The third-order valence-corrected chi connectivity index (χ3v) is 2.81. The fraction of sp³-hybridized carbons (Fsp3) is 0.714. The lowest BCUT2D eigenvalue weighted by molar-refractivity contribution is 0.0989. The second kappa shape index (κ2) is 3.47. The summed E-state index contributed by atoms with van der Waals surface area (Å²) in [5.41, 5.74) is 5.46. The van der Waals surface area contributed by atoms with Crippen molar-refractivity contribution in [2.45, 2.75) is 13.0 Å². The van der Waals surface area contributed by atoms with Gasteiger partial charge in [-0.3, -0.25) is 0 Å². The van der Waals surface area contributed by atoms with Crippen molar-refractivity contribution in [3.8, 4) is 0 Å². The highest BCUT2D eigenvalue weighted by Crippen LogP contribution is 2.22. The summed E-state index contributed by atoms with van der Waals surface area (Å²) in [5, 5.41) is 0.897. The van der Waals surface area contributed by atoms with E-state index in [-0.39, 0.29) is 0 Å². The van der Waals surface area contributed by atoms with Crippen molar-refractivity contribution in [2.75, 3.05) is 30.4 Å². The van der Waals surface area contributed by atoms with E-state index in [1.54, 1.807) is 0 Å². The first-order valence-corrected chi connectivity index (χ1v) is 4.98. The molecule has 1 atom stereocenters. The zero-order chi connectivity index (χ0) is 9.26. The zero-order valence-corrected chi connectivity index (χ0v) is 8.25. The Hall–Kier alpha value is -0.880. The van der Waals surface area contributed by atoms with Crippen molar-refractivity contribution in [3.63, 3.8) is 0 Å². The average molecular weight is 200 g/mol. The summed E-state index contributed by atoms with van der Waals surface area (Å²) in [4.78, 5) is 6.32. The van der Waals surface area contributed by atoms with Gasteiger partial charge >= 0.3 is 0 Å². The largest absolute Gasteiger partial charge is 0.377 e. The van der Waals surface area contributed by atoms with Gasteiger partial charge in [0.1, 0.15) is 0 Å². The summed E-state index contributed by atoms with van der Waals surface area (Å²) < 4.78 is 9.28. The molecule has 0 saturated carbocycles. The van der Waals surface area contributed by atoms with Gasteiger partial charge in [-0.15, -0.1) is 0 Å². The summed E-state index contributed by atoms with van der Waals surface area (Å²) in [7, 11) is 0. The van der Waals surface area contributed by atoms with Crippen LogP contribution in [0.4, 0.5) is 11.1 Å². The van der Waals surface area contributed by atoms with E-state index >= 15 is 0 Å². The minimum Gasteiger partial charge on any atom is -0.377 e. The number of rotatable bonds is 1. The molecule has 2 N–H and O–H groups in total. The fourth-order valence-corrected chi connectivity index (χ4v) is 2.08. The first kappa shape index (κ1) is 8.71. The molecule has 0 radical (unpaired) electrons. The molecule has 5 nitrogen and oxygen atoms in total. The molecule has 2 heterocycles. The van der Waals surface area contributed by atoms with Gasteiger partial charge in [0, 0.05) is 18.1 Å². The van der Waals surface area contributed by atoms with Crippen LogP contribution < -0.4 is 10.6 Å². The van der Waals surface area contributed by atoms with E-state index in [1.165, 1.54) is 11.5 Å². The molecule has 1 aromatic rings. The Balaban J connectivity index is 2.14. The minimum absolute atomic E-state index is 0.360. The maximum Gasteiger partial charge on any atom is 0.233 e. The molecule has 1 unspecified atom stereocenters. The van der Waals surface area contributed by atoms with E-state index in [4.69, 9.17) is 10.5 Å². The lowest BCUT2D eigenvalue weighted by Gasteiger charge is -2.32. The molecule has 1 fully saturated rings. The molecule has 2 rings (SSSR count). The lowest BCUT2D eigenvalue weighted by Crippen LogP contribution is -2.43. The van der Waals surface area contributed by atoms with Gasteiger partial charge in [0.05, 0.1) is 19.3 Å². The Morgan fingerprint density at radius 2 is 2.54 bits per heavy atom. The van der Waals surface area contributed by atoms with Crippen molar-refractivity contribution in [3.05, 3.63) is 0 Å². The Bertz CT molecular complexity index is 290. The van der Waals surface area contributed by atoms with Gasteiger partial charge in [0.25, 0.3) is 0 Å². The molecule has 0 bridgehead atoms. The van der Waals surface area contributed by atoms with Gasteiger partial charge in [-0.05, 0) is 6.92 Å². The summed E-state index contributed by atoms with van der Waals surface area (Å²) in [6.45, 7) is 4.48. The predicted octanol–water partition coefficient (Wildman–Crippen LogP) is 0.345. The smallest absolute Gasteiger partial charge is 0.233 e. The van der Waals surface area contributed by atoms with E-state index in [9.17, 15) is 0 Å². The molecule has 0 spiro atoms. The summed E-state index contributed by atoms with van der Waals surface area (Å²) in [5.74, 6) is 0.360. The lowest BCUT2D eigenvalue weighted by atomic mass is 10.3. The van der Waals surface area contributed by atoms with Gasteiger partial charge in [0.2, 0.25) is 11.1 Å². The van der Waals surface area contributed by atoms with Gasteiger partial charge in [-0.1, -0.05) is 0 Å². The number of nitrogens with two attached hydrogens (primary N) is 1. The van der Waals surface area contributed by atoms with E-state index in [0.29, 0.717) is 12.0 Å². The van der Waals surface area contributed by atoms with E-state index in [1.807, 2.05) is 0 Å². The number of nitrogen functional groups attached to an aromatic ring is 1. The second-order valence-corrected chi connectivity index (χ2v) is 3.78. The third kappa shape index (κ3) is 1.73. The summed E-state index contributed by atoms with van der Waals surface area (Å²) in [6, 6.07) is 0.362. The molecule has 1 saturated heterocycles. The number of aromatic nitrogens is 2. The van der Waals surface area contributed by atoms with Crippen LogP contribution in [0.25, 0.3) is 0 Å². The Kier molecular flexibility index (Phi) is 2.32. The quantitative estimate of drug-likeness (QED) is 0.708. The number of hydrogen-bond acceptors (Lipinski definition) is 6. The molecular formula is C7H12N4OS. The Morgan fingerprint density at radius 3 is 3.15 bits per heavy atom. The number of anilines is 2. The molecule has 0 aromatic carbocycles. The average Bonchev–Trinajstić information content (AvgIpc) is 2.53. The van der Waals surface area contributed by atoms with Crippen molar-refractivity contribution < 1.29 is 4.74 Å². The van der Waals surface area contributed by atoms with E-state index < -0.39 is 0 Å². The highest BCUT2D eigenvalue weighted by Gasteiger charge is 2.21. The molecule has 72 valence electrons. The molecule has 1 aliphatic rings. The van der Waals surface area contributed by atoms with Gasteiger partial charge in [-0.25, -0.2) is 0 Å². The van der Waals surface area contributed by atoms with Crippen LogP contribution in [0.15, 0.2) is 0 Å². The number of morpholine rings is 1. The second-order valence-electron chi connectivity index (χ2n) is 3.05. The first-order chi connectivity index (χ1) is 6.27.